The second kappa shape index (κ2) is 7.33. The van der Waals surface area contributed by atoms with Gasteiger partial charge in [0, 0.05) is 13.6 Å². The minimum atomic E-state index is -4.73. The molecule has 2 rings (SSSR count). The number of nitrogens with zero attached hydrogens (tertiary/aromatic N) is 1. The molecular formula is C17H15F4NO2. The fourth-order valence-electron chi connectivity index (χ4n) is 2.07. The van der Waals surface area contributed by atoms with E-state index in [1.54, 1.807) is 7.05 Å². The number of hydrogen-bond donors (Lipinski definition) is 0. The summed E-state index contributed by atoms with van der Waals surface area (Å²) in [5.41, 5.74) is 1.35. The van der Waals surface area contributed by atoms with Crippen LogP contribution in [-0.4, -0.2) is 24.2 Å². The highest BCUT2D eigenvalue weighted by molar-refractivity contribution is 5.78. The Balaban J connectivity index is 1.92. The van der Waals surface area contributed by atoms with Crippen LogP contribution in [0.25, 0.3) is 0 Å². The third kappa shape index (κ3) is 5.57. The van der Waals surface area contributed by atoms with Crippen LogP contribution in [0.4, 0.5) is 17.6 Å². The van der Waals surface area contributed by atoms with E-state index in [1.807, 2.05) is 0 Å². The minimum absolute atomic E-state index is 0.117. The highest BCUT2D eigenvalue weighted by atomic mass is 19.4. The Kier molecular flexibility index (Phi) is 5.43. The molecule has 128 valence electrons. The Morgan fingerprint density at radius 2 is 1.54 bits per heavy atom. The number of alkyl halides is 3. The molecule has 2 aromatic rings. The predicted octanol–water partition coefficient (Wildman–Crippen LogP) is 3.93. The molecule has 0 spiro atoms. The fraction of sp³-hybridized carbons (Fsp3) is 0.235. The van der Waals surface area contributed by atoms with Gasteiger partial charge >= 0.3 is 6.36 Å². The molecule has 0 aliphatic heterocycles. The van der Waals surface area contributed by atoms with Gasteiger partial charge in [0.15, 0.2) is 0 Å². The summed E-state index contributed by atoms with van der Waals surface area (Å²) in [6, 6.07) is 10.9. The summed E-state index contributed by atoms with van der Waals surface area (Å²) >= 11 is 0. The maximum absolute atomic E-state index is 12.8. The van der Waals surface area contributed by atoms with Gasteiger partial charge < -0.3 is 9.64 Å². The third-order valence-corrected chi connectivity index (χ3v) is 3.27. The van der Waals surface area contributed by atoms with Gasteiger partial charge in [0.25, 0.3) is 0 Å². The molecule has 0 N–H and O–H groups in total. The van der Waals surface area contributed by atoms with Crippen molar-refractivity contribution in [2.45, 2.75) is 19.3 Å². The van der Waals surface area contributed by atoms with Gasteiger partial charge in [-0.3, -0.25) is 4.79 Å². The van der Waals surface area contributed by atoms with Gasteiger partial charge in [-0.05, 0) is 35.4 Å². The van der Waals surface area contributed by atoms with Crippen LogP contribution in [0.1, 0.15) is 11.1 Å². The zero-order valence-corrected chi connectivity index (χ0v) is 12.8. The normalized spacial score (nSPS) is 11.2. The van der Waals surface area contributed by atoms with Crippen LogP contribution in [0.2, 0.25) is 0 Å². The summed E-state index contributed by atoms with van der Waals surface area (Å²) in [6.45, 7) is 0.242. The van der Waals surface area contributed by atoms with Crippen LogP contribution >= 0.6 is 0 Å². The van der Waals surface area contributed by atoms with Gasteiger partial charge in [-0.25, -0.2) is 4.39 Å². The first kappa shape index (κ1) is 17.8. The molecular weight excluding hydrogens is 326 g/mol. The van der Waals surface area contributed by atoms with E-state index in [9.17, 15) is 22.4 Å². The van der Waals surface area contributed by atoms with E-state index in [0.717, 1.165) is 0 Å². The number of likely N-dealkylation sites (N-methyl/N-ethyl adjacent to an activating group) is 1. The maximum atomic E-state index is 12.8. The molecule has 0 atom stereocenters. The van der Waals surface area contributed by atoms with E-state index in [4.69, 9.17) is 0 Å². The first-order valence-corrected chi connectivity index (χ1v) is 7.06. The number of benzene rings is 2. The molecule has 0 radical (unpaired) electrons. The summed E-state index contributed by atoms with van der Waals surface area (Å²) in [5.74, 6) is -0.871. The summed E-state index contributed by atoms with van der Waals surface area (Å²) in [4.78, 5) is 13.6. The van der Waals surface area contributed by atoms with Gasteiger partial charge in [0.05, 0.1) is 6.42 Å². The lowest BCUT2D eigenvalue weighted by Crippen LogP contribution is -2.27. The molecule has 1 amide bonds. The Bertz CT molecular complexity index is 681. The summed E-state index contributed by atoms with van der Waals surface area (Å²) in [7, 11) is 1.59. The van der Waals surface area contributed by atoms with Crippen molar-refractivity contribution >= 4 is 5.91 Å². The van der Waals surface area contributed by atoms with Gasteiger partial charge in [0.1, 0.15) is 11.6 Å². The van der Waals surface area contributed by atoms with E-state index < -0.39 is 6.36 Å². The molecule has 0 aliphatic carbocycles. The van der Waals surface area contributed by atoms with E-state index in [2.05, 4.69) is 4.74 Å². The number of carbonyl (C=O) groups is 1. The molecule has 0 fully saturated rings. The Labute approximate surface area is 136 Å². The molecule has 0 saturated heterocycles. The zero-order valence-electron chi connectivity index (χ0n) is 12.8. The number of ether oxygens (including phenoxy) is 1. The number of halogens is 4. The lowest BCUT2D eigenvalue weighted by Gasteiger charge is -2.18. The highest BCUT2D eigenvalue weighted by Gasteiger charge is 2.30. The van der Waals surface area contributed by atoms with Crippen LogP contribution < -0.4 is 4.74 Å². The van der Waals surface area contributed by atoms with E-state index in [-0.39, 0.29) is 30.4 Å². The summed E-state index contributed by atoms with van der Waals surface area (Å²) < 4.78 is 52.9. The number of hydrogen-bond acceptors (Lipinski definition) is 2. The minimum Gasteiger partial charge on any atom is -0.406 e. The second-order valence-corrected chi connectivity index (χ2v) is 5.24. The van der Waals surface area contributed by atoms with Gasteiger partial charge in [-0.15, -0.1) is 13.2 Å². The van der Waals surface area contributed by atoms with Gasteiger partial charge in [-0.1, -0.05) is 24.3 Å². The first-order valence-electron chi connectivity index (χ1n) is 7.06. The summed E-state index contributed by atoms with van der Waals surface area (Å²) in [6.07, 6.45) is -4.62. The van der Waals surface area contributed by atoms with E-state index in [0.29, 0.717) is 11.1 Å². The number of carbonyl (C=O) groups excluding carboxylic acids is 1. The third-order valence-electron chi connectivity index (χ3n) is 3.27. The molecule has 0 bridgehead atoms. The van der Waals surface area contributed by atoms with Crippen molar-refractivity contribution in [3.63, 3.8) is 0 Å². The number of rotatable bonds is 5. The quantitative estimate of drug-likeness (QED) is 0.772. The van der Waals surface area contributed by atoms with Crippen molar-refractivity contribution in [2.75, 3.05) is 7.05 Å². The molecule has 7 heteroatoms. The van der Waals surface area contributed by atoms with Crippen molar-refractivity contribution in [3.05, 3.63) is 65.5 Å². The molecule has 2 aromatic carbocycles. The van der Waals surface area contributed by atoms with Gasteiger partial charge in [0.2, 0.25) is 5.91 Å². The SMILES string of the molecule is CN(Cc1ccc(OC(F)(F)F)cc1)C(=O)Cc1ccc(F)cc1. The lowest BCUT2D eigenvalue weighted by molar-refractivity contribution is -0.274. The van der Waals surface area contributed by atoms with Crippen molar-refractivity contribution in [2.24, 2.45) is 0 Å². The standard InChI is InChI=1S/C17H15F4NO2/c1-22(16(23)10-12-2-6-14(18)7-3-12)11-13-4-8-15(9-5-13)24-17(19,20)21/h2-9H,10-11H2,1H3. The fourth-order valence-corrected chi connectivity index (χ4v) is 2.07. The predicted molar refractivity (Wildman–Crippen MR) is 79.7 cm³/mol. The molecule has 0 aromatic heterocycles. The molecule has 0 aliphatic rings. The highest BCUT2D eigenvalue weighted by Crippen LogP contribution is 2.23. The number of amides is 1. The van der Waals surface area contributed by atoms with Crippen LogP contribution in [0.5, 0.6) is 5.75 Å². The smallest absolute Gasteiger partial charge is 0.406 e. The van der Waals surface area contributed by atoms with Gasteiger partial charge in [-0.2, -0.15) is 0 Å². The molecule has 3 nitrogen and oxygen atoms in total. The molecule has 24 heavy (non-hydrogen) atoms. The summed E-state index contributed by atoms with van der Waals surface area (Å²) in [5, 5.41) is 0. The molecule has 0 heterocycles. The van der Waals surface area contributed by atoms with Crippen molar-refractivity contribution in [3.8, 4) is 5.75 Å². The average molecular weight is 341 g/mol. The van der Waals surface area contributed by atoms with Crippen LogP contribution in [-0.2, 0) is 17.8 Å². The second-order valence-electron chi connectivity index (χ2n) is 5.24. The van der Waals surface area contributed by atoms with Crippen molar-refractivity contribution in [1.82, 2.24) is 4.90 Å². The Hall–Kier alpha value is -2.57. The van der Waals surface area contributed by atoms with Crippen molar-refractivity contribution in [1.29, 1.82) is 0 Å². The van der Waals surface area contributed by atoms with Crippen LogP contribution in [0, 0.1) is 5.82 Å². The largest absolute Gasteiger partial charge is 0.573 e. The maximum Gasteiger partial charge on any atom is 0.573 e. The Morgan fingerprint density at radius 3 is 2.08 bits per heavy atom. The Morgan fingerprint density at radius 1 is 1.00 bits per heavy atom. The topological polar surface area (TPSA) is 29.5 Å². The molecule has 0 saturated carbocycles. The van der Waals surface area contributed by atoms with E-state index >= 15 is 0 Å². The first-order chi connectivity index (χ1) is 11.2. The van der Waals surface area contributed by atoms with Crippen molar-refractivity contribution < 1.29 is 27.1 Å². The van der Waals surface area contributed by atoms with Crippen LogP contribution in [0.3, 0.4) is 0 Å². The van der Waals surface area contributed by atoms with E-state index in [1.165, 1.54) is 53.4 Å². The van der Waals surface area contributed by atoms with Crippen LogP contribution in [0.15, 0.2) is 48.5 Å². The molecule has 0 unspecified atom stereocenters. The lowest BCUT2D eigenvalue weighted by atomic mass is 10.1. The monoisotopic (exact) mass is 341 g/mol. The zero-order chi connectivity index (χ0) is 17.7. The average Bonchev–Trinajstić information content (AvgIpc) is 2.50.